The fraction of sp³-hybridized carbons (Fsp3) is 0.241. The number of rotatable bonds is 12. The Morgan fingerprint density at radius 3 is 1.68 bits per heavy atom. The molecule has 12 heteroatoms. The molecule has 4 aromatic rings. The molecule has 0 unspecified atom stereocenters. The molecule has 0 atom stereocenters. The van der Waals surface area contributed by atoms with E-state index in [2.05, 4.69) is 8.75 Å². The number of carboxylic acids is 1. The first-order valence-electron chi connectivity index (χ1n) is 12.1. The van der Waals surface area contributed by atoms with Crippen molar-refractivity contribution in [1.29, 1.82) is 0 Å². The van der Waals surface area contributed by atoms with Crippen LogP contribution in [0.2, 0.25) is 0 Å². The van der Waals surface area contributed by atoms with Crippen LogP contribution in [0, 0.1) is 0 Å². The molecule has 3 aromatic carbocycles. The van der Waals surface area contributed by atoms with Gasteiger partial charge in [0, 0.05) is 17.6 Å². The second-order valence-corrected chi connectivity index (χ2v) is 9.11. The lowest BCUT2D eigenvalue weighted by Crippen LogP contribution is -2.15. The van der Waals surface area contributed by atoms with E-state index in [1.165, 1.54) is 54.8 Å². The van der Waals surface area contributed by atoms with E-state index in [4.69, 9.17) is 28.4 Å². The molecule has 0 amide bonds. The minimum Gasteiger partial charge on any atom is -0.493 e. The number of carbonyl (C=O) groups is 2. The summed E-state index contributed by atoms with van der Waals surface area (Å²) in [4.78, 5) is 27.1. The first kappa shape index (κ1) is 29.2. The van der Waals surface area contributed by atoms with Crippen molar-refractivity contribution < 1.29 is 43.1 Å². The van der Waals surface area contributed by atoms with Crippen LogP contribution >= 0.6 is 11.7 Å². The van der Waals surface area contributed by atoms with Gasteiger partial charge in [-0.25, -0.2) is 4.79 Å². The van der Waals surface area contributed by atoms with Crippen molar-refractivity contribution in [1.82, 2.24) is 8.75 Å². The molecule has 0 aliphatic carbocycles. The summed E-state index contributed by atoms with van der Waals surface area (Å²) >= 11 is 1.01. The molecular weight excluding hydrogens is 552 g/mol. The molecule has 1 N–H and O–H groups in total. The number of aromatic nitrogens is 2. The average Bonchev–Trinajstić information content (AvgIpc) is 3.46. The molecule has 0 saturated heterocycles. The normalized spacial score (nSPS) is 11.5. The number of allylic oxidation sites excluding steroid dienone is 1. The monoisotopic (exact) mass is 580 g/mol. The molecule has 11 nitrogen and oxygen atoms in total. The molecule has 214 valence electrons. The van der Waals surface area contributed by atoms with Gasteiger partial charge in [-0.2, -0.15) is 8.75 Å². The summed E-state index contributed by atoms with van der Waals surface area (Å²) in [6, 6.07) is 11.1. The first-order valence-corrected chi connectivity index (χ1v) is 12.9. The average molecular weight is 581 g/mol. The molecule has 0 fully saturated rings. The topological polar surface area (TPSA) is 136 Å². The molecular formula is C29H28N2O9S. The number of nitrogens with zero attached hydrogens (tertiary/aromatic N) is 2. The molecule has 4 rings (SSSR count). The Bertz CT molecular complexity index is 1590. The minimum absolute atomic E-state index is 0.0106. The lowest BCUT2D eigenvalue weighted by molar-refractivity contribution is -0.130. The lowest BCUT2D eigenvalue weighted by Gasteiger charge is -2.18. The fourth-order valence-corrected chi connectivity index (χ4v) is 4.99. The molecule has 0 spiro atoms. The highest BCUT2D eigenvalue weighted by Crippen LogP contribution is 2.41. The molecule has 41 heavy (non-hydrogen) atoms. The number of carboxylic acid groups (broad SMARTS) is 1. The van der Waals surface area contributed by atoms with E-state index in [-0.39, 0.29) is 34.6 Å². The first-order chi connectivity index (χ1) is 19.8. The molecule has 1 heterocycles. The molecule has 1 aromatic heterocycles. The van der Waals surface area contributed by atoms with Gasteiger partial charge in [0.15, 0.2) is 28.8 Å². The van der Waals surface area contributed by atoms with Gasteiger partial charge in [0.1, 0.15) is 11.0 Å². The Labute approximate surface area is 240 Å². The minimum atomic E-state index is -1.30. The smallest absolute Gasteiger partial charge is 0.336 e. The van der Waals surface area contributed by atoms with E-state index in [1.54, 1.807) is 30.3 Å². The largest absolute Gasteiger partial charge is 0.493 e. The zero-order valence-electron chi connectivity index (χ0n) is 23.3. The number of fused-ring (bicyclic) bond motifs is 1. The van der Waals surface area contributed by atoms with Gasteiger partial charge in [0.2, 0.25) is 11.5 Å². The van der Waals surface area contributed by atoms with Gasteiger partial charge in [-0.05, 0) is 47.5 Å². The zero-order chi connectivity index (χ0) is 29.7. The van der Waals surface area contributed by atoms with Gasteiger partial charge >= 0.3 is 5.97 Å². The molecule has 0 bridgehead atoms. The predicted molar refractivity (Wildman–Crippen MR) is 152 cm³/mol. The highest BCUT2D eigenvalue weighted by Gasteiger charge is 2.27. The summed E-state index contributed by atoms with van der Waals surface area (Å²) in [7, 11) is 8.72. The third-order valence-corrected chi connectivity index (χ3v) is 6.92. The van der Waals surface area contributed by atoms with Crippen molar-refractivity contribution in [2.24, 2.45) is 0 Å². The van der Waals surface area contributed by atoms with Crippen LogP contribution in [-0.2, 0) is 11.2 Å². The number of methoxy groups -OCH3 is 6. The van der Waals surface area contributed by atoms with Gasteiger partial charge in [-0.3, -0.25) is 4.79 Å². The van der Waals surface area contributed by atoms with Crippen LogP contribution in [0.4, 0.5) is 0 Å². The van der Waals surface area contributed by atoms with Crippen molar-refractivity contribution >= 4 is 40.1 Å². The number of benzene rings is 3. The summed E-state index contributed by atoms with van der Waals surface area (Å²) in [6.45, 7) is 0. The van der Waals surface area contributed by atoms with Crippen molar-refractivity contribution in [3.05, 3.63) is 64.7 Å². The Hall–Kier alpha value is -4.84. The zero-order valence-corrected chi connectivity index (χ0v) is 24.1. The molecule has 0 radical (unpaired) electrons. The van der Waals surface area contributed by atoms with Gasteiger partial charge in [0.05, 0.1) is 60.0 Å². The van der Waals surface area contributed by atoms with Crippen LogP contribution in [0.3, 0.4) is 0 Å². The van der Waals surface area contributed by atoms with Crippen molar-refractivity contribution in [2.75, 3.05) is 42.7 Å². The van der Waals surface area contributed by atoms with E-state index in [1.807, 2.05) is 0 Å². The molecule has 0 saturated carbocycles. The lowest BCUT2D eigenvalue weighted by atomic mass is 9.89. The van der Waals surface area contributed by atoms with Crippen LogP contribution in [0.25, 0.3) is 16.6 Å². The van der Waals surface area contributed by atoms with E-state index < -0.39 is 11.8 Å². The number of ether oxygens (including phenoxy) is 6. The van der Waals surface area contributed by atoms with Gasteiger partial charge in [-0.15, -0.1) is 0 Å². The number of ketones is 1. The summed E-state index contributed by atoms with van der Waals surface area (Å²) in [6.07, 6.45) is -0.0960. The van der Waals surface area contributed by atoms with Crippen molar-refractivity contribution in [3.8, 4) is 34.5 Å². The predicted octanol–water partition coefficient (Wildman–Crippen LogP) is 4.71. The third-order valence-electron chi connectivity index (χ3n) is 6.36. The standard InChI is InChI=1S/C29H28N2O9S/c1-35-21-10-15(11-22(36-2)27(21)39-5)9-18(25(29(33)34)16-7-8-19-20(12-16)31-41-30-19)26(32)17-13-23(37-3)28(40-6)24(14-17)38-4/h7-8,10-14H,9H2,1-6H3,(H,33,34)/b25-18-. The number of Topliss-reactive ketones (excluding diaryl/α,β-unsaturated/α-hetero) is 1. The fourth-order valence-electron chi connectivity index (χ4n) is 4.47. The second kappa shape index (κ2) is 12.6. The van der Waals surface area contributed by atoms with Gasteiger partial charge in [0.25, 0.3) is 0 Å². The second-order valence-electron chi connectivity index (χ2n) is 8.58. The van der Waals surface area contributed by atoms with Crippen molar-refractivity contribution in [2.45, 2.75) is 6.42 Å². The van der Waals surface area contributed by atoms with E-state index in [0.29, 0.717) is 45.2 Å². The van der Waals surface area contributed by atoms with E-state index >= 15 is 0 Å². The summed E-state index contributed by atoms with van der Waals surface area (Å²) < 4.78 is 41.1. The quantitative estimate of drug-likeness (QED) is 0.184. The van der Waals surface area contributed by atoms with Crippen LogP contribution in [0.5, 0.6) is 34.5 Å². The molecule has 0 aliphatic rings. The van der Waals surface area contributed by atoms with Crippen molar-refractivity contribution in [3.63, 3.8) is 0 Å². The van der Waals surface area contributed by atoms with Crippen LogP contribution in [0.15, 0.2) is 48.0 Å². The Balaban J connectivity index is 1.99. The molecule has 0 aliphatic heterocycles. The maximum atomic E-state index is 14.3. The summed E-state index contributed by atoms with van der Waals surface area (Å²) in [5.41, 5.74) is 1.89. The maximum Gasteiger partial charge on any atom is 0.336 e. The Kier molecular flexibility index (Phi) is 8.93. The SMILES string of the molecule is COc1cc(C/C(C(=O)c2cc(OC)c(OC)c(OC)c2)=C(/C(=O)O)c2ccc3nsnc3c2)cc(OC)c1OC. The number of hydrogen-bond acceptors (Lipinski definition) is 11. The van der Waals surface area contributed by atoms with Gasteiger partial charge in [-0.1, -0.05) is 6.07 Å². The Morgan fingerprint density at radius 1 is 0.683 bits per heavy atom. The number of carbonyl (C=O) groups excluding carboxylic acids is 1. The summed E-state index contributed by atoms with van der Waals surface area (Å²) in [5.74, 6) is -0.00518. The van der Waals surface area contributed by atoms with Crippen LogP contribution < -0.4 is 28.4 Å². The number of aliphatic carboxylic acids is 1. The van der Waals surface area contributed by atoms with Crippen LogP contribution in [-0.4, -0.2) is 68.3 Å². The van der Waals surface area contributed by atoms with Gasteiger partial charge < -0.3 is 33.5 Å². The third kappa shape index (κ3) is 5.73. The van der Waals surface area contributed by atoms with Crippen LogP contribution in [0.1, 0.15) is 21.5 Å². The number of hydrogen-bond donors (Lipinski definition) is 1. The van der Waals surface area contributed by atoms with E-state index in [9.17, 15) is 14.7 Å². The highest BCUT2D eigenvalue weighted by atomic mass is 32.1. The highest BCUT2D eigenvalue weighted by molar-refractivity contribution is 7.00. The Morgan fingerprint density at radius 2 is 1.20 bits per heavy atom. The van der Waals surface area contributed by atoms with E-state index in [0.717, 1.165) is 11.7 Å². The summed E-state index contributed by atoms with van der Waals surface area (Å²) in [5, 5.41) is 10.5. The maximum absolute atomic E-state index is 14.3.